The molecule has 116 valence electrons. The van der Waals surface area contributed by atoms with Gasteiger partial charge >= 0.3 is 0 Å². The lowest BCUT2D eigenvalue weighted by Gasteiger charge is -2.10. The Hall–Kier alpha value is -3.09. The molecular weight excluding hydrogens is 300 g/mol. The van der Waals surface area contributed by atoms with Crippen LogP contribution in [0.1, 0.15) is 0 Å². The molecule has 0 saturated heterocycles. The lowest BCUT2D eigenvalue weighted by molar-refractivity contribution is 0.511. The summed E-state index contributed by atoms with van der Waals surface area (Å²) >= 11 is 0. The largest absolute Gasteiger partial charge is 0.357 e. The number of benzene rings is 1. The fraction of sp³-hybridized carbons (Fsp3) is 0.0625. The second kappa shape index (κ2) is 6.35. The molecular formula is C16H13F2N5. The van der Waals surface area contributed by atoms with E-state index in [0.717, 1.165) is 11.6 Å². The minimum atomic E-state index is -0.956. The lowest BCUT2D eigenvalue weighted by Crippen LogP contribution is -2.03. The molecule has 7 heteroatoms. The summed E-state index contributed by atoms with van der Waals surface area (Å²) in [6.45, 7) is 0. The van der Waals surface area contributed by atoms with Crippen LogP contribution in [0.25, 0.3) is 11.3 Å². The monoisotopic (exact) mass is 313 g/mol. The van der Waals surface area contributed by atoms with Gasteiger partial charge in [0.05, 0.1) is 11.4 Å². The Kier molecular flexibility index (Phi) is 4.09. The topological polar surface area (TPSA) is 62.7 Å². The molecule has 2 aromatic heterocycles. The third-order valence-electron chi connectivity index (χ3n) is 3.14. The van der Waals surface area contributed by atoms with E-state index in [9.17, 15) is 8.78 Å². The van der Waals surface area contributed by atoms with Gasteiger partial charge in [-0.2, -0.15) is 4.98 Å². The molecule has 0 saturated carbocycles. The van der Waals surface area contributed by atoms with Gasteiger partial charge in [0.2, 0.25) is 5.95 Å². The summed E-state index contributed by atoms with van der Waals surface area (Å²) < 4.78 is 27.1. The summed E-state index contributed by atoms with van der Waals surface area (Å²) in [6.07, 6.45) is 3.30. The molecule has 5 nitrogen and oxygen atoms in total. The van der Waals surface area contributed by atoms with Gasteiger partial charge in [-0.15, -0.1) is 0 Å². The maximum atomic E-state index is 13.8. The first-order chi connectivity index (χ1) is 11.2. The number of pyridine rings is 1. The molecule has 0 spiro atoms. The van der Waals surface area contributed by atoms with Gasteiger partial charge in [-0.05, 0) is 24.3 Å². The fourth-order valence-corrected chi connectivity index (χ4v) is 2.03. The van der Waals surface area contributed by atoms with E-state index in [1.165, 1.54) is 12.1 Å². The second-order valence-corrected chi connectivity index (χ2v) is 4.67. The van der Waals surface area contributed by atoms with Gasteiger partial charge in [0.1, 0.15) is 5.82 Å². The Labute approximate surface area is 131 Å². The number of aromatic nitrogens is 3. The molecule has 0 atom stereocenters. The highest BCUT2D eigenvalue weighted by atomic mass is 19.2. The van der Waals surface area contributed by atoms with Crippen LogP contribution in [0.15, 0.2) is 48.8 Å². The van der Waals surface area contributed by atoms with Crippen molar-refractivity contribution >= 4 is 17.5 Å². The molecule has 1 aromatic carbocycles. The summed E-state index contributed by atoms with van der Waals surface area (Å²) in [5, 5.41) is 5.62. The van der Waals surface area contributed by atoms with E-state index in [-0.39, 0.29) is 5.69 Å². The van der Waals surface area contributed by atoms with Gasteiger partial charge in [0.15, 0.2) is 11.6 Å². The molecule has 0 radical (unpaired) electrons. The summed E-state index contributed by atoms with van der Waals surface area (Å²) in [7, 11) is 1.68. The minimum absolute atomic E-state index is 0.00596. The number of nitrogens with one attached hydrogen (secondary N) is 2. The zero-order valence-corrected chi connectivity index (χ0v) is 12.2. The predicted molar refractivity (Wildman–Crippen MR) is 84.5 cm³/mol. The Morgan fingerprint density at radius 3 is 2.52 bits per heavy atom. The van der Waals surface area contributed by atoms with E-state index in [4.69, 9.17) is 0 Å². The van der Waals surface area contributed by atoms with Crippen LogP contribution < -0.4 is 10.6 Å². The molecule has 3 rings (SSSR count). The van der Waals surface area contributed by atoms with Gasteiger partial charge < -0.3 is 10.6 Å². The smallest absolute Gasteiger partial charge is 0.224 e. The van der Waals surface area contributed by atoms with E-state index >= 15 is 0 Å². The van der Waals surface area contributed by atoms with E-state index in [1.807, 2.05) is 0 Å². The maximum absolute atomic E-state index is 13.8. The Balaban J connectivity index is 2.01. The van der Waals surface area contributed by atoms with Crippen LogP contribution in [0.4, 0.5) is 26.2 Å². The first kappa shape index (κ1) is 14.8. The Morgan fingerprint density at radius 2 is 1.78 bits per heavy atom. The van der Waals surface area contributed by atoms with Gasteiger partial charge in [-0.1, -0.05) is 6.07 Å². The zero-order chi connectivity index (χ0) is 16.2. The molecule has 0 amide bonds. The zero-order valence-electron chi connectivity index (χ0n) is 12.2. The fourth-order valence-electron chi connectivity index (χ4n) is 2.03. The molecule has 2 heterocycles. The number of hydrogen-bond donors (Lipinski definition) is 2. The van der Waals surface area contributed by atoms with Crippen LogP contribution in [-0.4, -0.2) is 22.0 Å². The Morgan fingerprint density at radius 1 is 1.00 bits per heavy atom. The summed E-state index contributed by atoms with van der Waals surface area (Å²) in [4.78, 5) is 12.5. The number of anilines is 3. The van der Waals surface area contributed by atoms with Crippen molar-refractivity contribution in [3.63, 3.8) is 0 Å². The predicted octanol–water partition coefficient (Wildman–Crippen LogP) is 3.60. The van der Waals surface area contributed by atoms with E-state index in [1.54, 1.807) is 37.6 Å². The highest BCUT2D eigenvalue weighted by Crippen LogP contribution is 2.25. The molecule has 23 heavy (non-hydrogen) atoms. The Bertz CT molecular complexity index is 824. The molecule has 3 aromatic rings. The van der Waals surface area contributed by atoms with Crippen LogP contribution in [0.5, 0.6) is 0 Å². The van der Waals surface area contributed by atoms with Crippen molar-refractivity contribution in [1.29, 1.82) is 0 Å². The van der Waals surface area contributed by atoms with Crippen molar-refractivity contribution in [1.82, 2.24) is 15.0 Å². The van der Waals surface area contributed by atoms with Crippen LogP contribution in [-0.2, 0) is 0 Å². The van der Waals surface area contributed by atoms with Crippen LogP contribution in [0, 0.1) is 11.6 Å². The summed E-state index contributed by atoms with van der Waals surface area (Å²) in [5.41, 5.74) is 1.47. The molecule has 0 aliphatic rings. The lowest BCUT2D eigenvalue weighted by atomic mass is 10.2. The van der Waals surface area contributed by atoms with Crippen molar-refractivity contribution < 1.29 is 8.78 Å². The highest BCUT2D eigenvalue weighted by molar-refractivity contribution is 5.67. The maximum Gasteiger partial charge on any atom is 0.224 e. The van der Waals surface area contributed by atoms with Gasteiger partial charge in [0, 0.05) is 31.1 Å². The quantitative estimate of drug-likeness (QED) is 0.770. The third kappa shape index (κ3) is 3.23. The molecule has 0 fully saturated rings. The van der Waals surface area contributed by atoms with Gasteiger partial charge in [-0.25, -0.2) is 13.8 Å². The molecule has 0 aliphatic heterocycles. The molecule has 0 unspecified atom stereocenters. The standard InChI is InChI=1S/C16H13F2N5/c1-19-16-22-13(10-5-7-20-8-6-10)9-14(23-16)21-12-4-2-3-11(17)15(12)18/h2-9H,1H3,(H2,19,21,22,23). The first-order valence-electron chi connectivity index (χ1n) is 6.85. The average molecular weight is 313 g/mol. The SMILES string of the molecule is CNc1nc(Nc2cccc(F)c2F)cc(-c2ccncc2)n1. The number of rotatable bonds is 4. The minimum Gasteiger partial charge on any atom is -0.357 e. The number of hydrogen-bond acceptors (Lipinski definition) is 5. The van der Waals surface area contributed by atoms with Crippen LogP contribution >= 0.6 is 0 Å². The van der Waals surface area contributed by atoms with E-state index in [2.05, 4.69) is 25.6 Å². The number of halogens is 2. The van der Waals surface area contributed by atoms with Gasteiger partial charge in [-0.3, -0.25) is 4.98 Å². The normalized spacial score (nSPS) is 10.4. The van der Waals surface area contributed by atoms with Crippen molar-refractivity contribution in [2.45, 2.75) is 0 Å². The van der Waals surface area contributed by atoms with Gasteiger partial charge in [0.25, 0.3) is 0 Å². The van der Waals surface area contributed by atoms with Crippen LogP contribution in [0.2, 0.25) is 0 Å². The first-order valence-corrected chi connectivity index (χ1v) is 6.85. The van der Waals surface area contributed by atoms with Crippen LogP contribution in [0.3, 0.4) is 0 Å². The third-order valence-corrected chi connectivity index (χ3v) is 3.14. The van der Waals surface area contributed by atoms with Crippen molar-refractivity contribution in [3.05, 3.63) is 60.4 Å². The highest BCUT2D eigenvalue weighted by Gasteiger charge is 2.11. The van der Waals surface area contributed by atoms with Crippen molar-refractivity contribution in [3.8, 4) is 11.3 Å². The summed E-state index contributed by atoms with van der Waals surface area (Å²) in [6, 6.07) is 9.17. The second-order valence-electron chi connectivity index (χ2n) is 4.67. The molecule has 0 bridgehead atoms. The van der Waals surface area contributed by atoms with Crippen molar-refractivity contribution in [2.24, 2.45) is 0 Å². The van der Waals surface area contributed by atoms with Crippen molar-refractivity contribution in [2.75, 3.05) is 17.7 Å². The van der Waals surface area contributed by atoms with E-state index in [0.29, 0.717) is 17.5 Å². The van der Waals surface area contributed by atoms with E-state index < -0.39 is 11.6 Å². The summed E-state index contributed by atoms with van der Waals surface area (Å²) in [5.74, 6) is -1.17. The average Bonchev–Trinajstić information content (AvgIpc) is 2.59. The number of nitrogens with zero attached hydrogens (tertiary/aromatic N) is 3. The molecule has 0 aliphatic carbocycles. The molecule has 2 N–H and O–H groups in total.